The van der Waals surface area contributed by atoms with Crippen molar-refractivity contribution in [1.82, 2.24) is 14.5 Å². The van der Waals surface area contributed by atoms with Gasteiger partial charge in [-0.2, -0.15) is 0 Å². The molecule has 0 spiro atoms. The minimum atomic E-state index is -0.733. The van der Waals surface area contributed by atoms with Gasteiger partial charge in [0.1, 0.15) is 11.4 Å². The summed E-state index contributed by atoms with van der Waals surface area (Å²) in [6, 6.07) is 0. The Hall–Kier alpha value is -0.870. The number of nitrogens with zero attached hydrogens (tertiary/aromatic N) is 3. The molecule has 1 saturated heterocycles. The lowest BCUT2D eigenvalue weighted by atomic mass is 9.94. The lowest BCUT2D eigenvalue weighted by molar-refractivity contribution is 0.0105. The van der Waals surface area contributed by atoms with Crippen molar-refractivity contribution in [3.8, 4) is 0 Å². The first-order valence-corrected chi connectivity index (χ1v) is 5.50. The van der Waals surface area contributed by atoms with E-state index in [-0.39, 0.29) is 0 Å². The number of imidazole rings is 1. The van der Waals surface area contributed by atoms with Gasteiger partial charge in [0.25, 0.3) is 0 Å². The van der Waals surface area contributed by atoms with E-state index in [0.29, 0.717) is 0 Å². The number of hydrogen-bond donors (Lipinski definition) is 1. The van der Waals surface area contributed by atoms with Crippen LogP contribution in [0.3, 0.4) is 0 Å². The van der Waals surface area contributed by atoms with Crippen molar-refractivity contribution >= 4 is 0 Å². The molecule has 1 fully saturated rings. The summed E-state index contributed by atoms with van der Waals surface area (Å²) in [5.41, 5.74) is -0.733. The predicted molar refractivity (Wildman–Crippen MR) is 58.5 cm³/mol. The first-order chi connectivity index (χ1) is 7.12. The van der Waals surface area contributed by atoms with Crippen LogP contribution >= 0.6 is 0 Å². The summed E-state index contributed by atoms with van der Waals surface area (Å²) in [5.74, 6) is 0.804. The topological polar surface area (TPSA) is 41.3 Å². The molecule has 15 heavy (non-hydrogen) atoms. The third-order valence-electron chi connectivity index (χ3n) is 3.27. The second-order valence-corrected chi connectivity index (χ2v) is 4.55. The molecule has 0 saturated carbocycles. The SMILES string of the molecule is CN1CCCC(O)(c2nccn2C)CC1. The van der Waals surface area contributed by atoms with Crippen molar-refractivity contribution in [3.05, 3.63) is 18.2 Å². The van der Waals surface area contributed by atoms with Crippen molar-refractivity contribution in [1.29, 1.82) is 0 Å². The largest absolute Gasteiger partial charge is 0.382 e. The van der Waals surface area contributed by atoms with Crippen LogP contribution in [-0.4, -0.2) is 39.7 Å². The van der Waals surface area contributed by atoms with Crippen LogP contribution in [0.4, 0.5) is 0 Å². The number of aromatic nitrogens is 2. The van der Waals surface area contributed by atoms with E-state index >= 15 is 0 Å². The molecule has 0 aromatic carbocycles. The molecule has 1 aromatic rings. The number of rotatable bonds is 1. The molecule has 1 atom stereocenters. The van der Waals surface area contributed by atoms with E-state index in [2.05, 4.69) is 16.9 Å². The quantitative estimate of drug-likeness (QED) is 0.741. The lowest BCUT2D eigenvalue weighted by Gasteiger charge is -2.25. The second kappa shape index (κ2) is 3.94. The maximum Gasteiger partial charge on any atom is 0.140 e. The van der Waals surface area contributed by atoms with Gasteiger partial charge in [0, 0.05) is 26.0 Å². The average molecular weight is 209 g/mol. The molecule has 0 aliphatic carbocycles. The van der Waals surface area contributed by atoms with Crippen LogP contribution in [-0.2, 0) is 12.6 Å². The molecule has 84 valence electrons. The predicted octanol–water partition coefficient (Wildman–Crippen LogP) is 0.723. The molecule has 0 radical (unpaired) electrons. The summed E-state index contributed by atoms with van der Waals surface area (Å²) in [6.45, 7) is 2.00. The Balaban J connectivity index is 2.22. The summed E-state index contributed by atoms with van der Waals surface area (Å²) >= 11 is 0. The third-order valence-corrected chi connectivity index (χ3v) is 3.27. The first kappa shape index (κ1) is 10.6. The molecule has 1 unspecified atom stereocenters. The number of hydrogen-bond acceptors (Lipinski definition) is 3. The van der Waals surface area contributed by atoms with Crippen molar-refractivity contribution in [2.24, 2.45) is 7.05 Å². The maximum atomic E-state index is 10.6. The highest BCUT2D eigenvalue weighted by Crippen LogP contribution is 2.30. The molecule has 0 bridgehead atoms. The summed E-state index contributed by atoms with van der Waals surface area (Å²) in [5, 5.41) is 10.6. The molecule has 1 aliphatic heterocycles. The molecular weight excluding hydrogens is 190 g/mol. The smallest absolute Gasteiger partial charge is 0.140 e. The van der Waals surface area contributed by atoms with Crippen LogP contribution in [0, 0.1) is 0 Å². The molecule has 2 heterocycles. The van der Waals surface area contributed by atoms with E-state index in [1.807, 2.05) is 17.8 Å². The Bertz CT molecular complexity index is 336. The standard InChI is InChI=1S/C11H19N3O/c1-13-7-3-4-11(15,5-8-13)10-12-6-9-14(10)2/h6,9,15H,3-5,7-8H2,1-2H3. The number of aryl methyl sites for hydroxylation is 1. The van der Waals surface area contributed by atoms with E-state index in [9.17, 15) is 5.11 Å². The molecule has 2 rings (SSSR count). The zero-order valence-corrected chi connectivity index (χ0v) is 9.48. The maximum absolute atomic E-state index is 10.6. The molecule has 4 heteroatoms. The minimum Gasteiger partial charge on any atom is -0.382 e. The molecule has 1 aliphatic rings. The van der Waals surface area contributed by atoms with Gasteiger partial charge in [-0.15, -0.1) is 0 Å². The minimum absolute atomic E-state index is 0.733. The van der Waals surface area contributed by atoms with Crippen LogP contribution in [0.5, 0.6) is 0 Å². The molecule has 0 amide bonds. The van der Waals surface area contributed by atoms with Crippen molar-refractivity contribution in [2.45, 2.75) is 24.9 Å². The fourth-order valence-corrected chi connectivity index (χ4v) is 2.29. The van der Waals surface area contributed by atoms with Gasteiger partial charge in [0.2, 0.25) is 0 Å². The third kappa shape index (κ3) is 2.06. The zero-order valence-electron chi connectivity index (χ0n) is 9.48. The highest BCUT2D eigenvalue weighted by atomic mass is 16.3. The highest BCUT2D eigenvalue weighted by molar-refractivity contribution is 5.05. The van der Waals surface area contributed by atoms with Crippen molar-refractivity contribution in [3.63, 3.8) is 0 Å². The monoisotopic (exact) mass is 209 g/mol. The number of likely N-dealkylation sites (tertiary alicyclic amines) is 1. The zero-order chi connectivity index (χ0) is 10.9. The Labute approximate surface area is 90.5 Å². The van der Waals surface area contributed by atoms with E-state index in [1.54, 1.807) is 6.20 Å². The van der Waals surface area contributed by atoms with Gasteiger partial charge in [-0.1, -0.05) is 0 Å². The fourth-order valence-electron chi connectivity index (χ4n) is 2.29. The van der Waals surface area contributed by atoms with Gasteiger partial charge in [-0.3, -0.25) is 0 Å². The van der Waals surface area contributed by atoms with Crippen molar-refractivity contribution < 1.29 is 5.11 Å². The Morgan fingerprint density at radius 1 is 1.33 bits per heavy atom. The molecule has 4 nitrogen and oxygen atoms in total. The van der Waals surface area contributed by atoms with Gasteiger partial charge >= 0.3 is 0 Å². The Kier molecular flexibility index (Phi) is 2.80. The van der Waals surface area contributed by atoms with Crippen LogP contribution in [0.2, 0.25) is 0 Å². The van der Waals surface area contributed by atoms with Crippen LogP contribution < -0.4 is 0 Å². The van der Waals surface area contributed by atoms with Gasteiger partial charge < -0.3 is 14.6 Å². The highest BCUT2D eigenvalue weighted by Gasteiger charge is 2.34. The molecule has 1 N–H and O–H groups in total. The van der Waals surface area contributed by atoms with Crippen LogP contribution in [0.1, 0.15) is 25.1 Å². The normalized spacial score (nSPS) is 29.0. The van der Waals surface area contributed by atoms with E-state index in [0.717, 1.165) is 38.2 Å². The summed E-state index contributed by atoms with van der Waals surface area (Å²) < 4.78 is 1.92. The second-order valence-electron chi connectivity index (χ2n) is 4.55. The summed E-state index contributed by atoms with van der Waals surface area (Å²) in [6.07, 6.45) is 6.25. The number of aliphatic hydroxyl groups is 1. The lowest BCUT2D eigenvalue weighted by Crippen LogP contribution is -2.30. The van der Waals surface area contributed by atoms with Crippen LogP contribution in [0.25, 0.3) is 0 Å². The first-order valence-electron chi connectivity index (χ1n) is 5.50. The average Bonchev–Trinajstić information content (AvgIpc) is 2.55. The van der Waals surface area contributed by atoms with E-state index < -0.39 is 5.60 Å². The van der Waals surface area contributed by atoms with E-state index in [1.165, 1.54) is 0 Å². The van der Waals surface area contributed by atoms with Crippen LogP contribution in [0.15, 0.2) is 12.4 Å². The van der Waals surface area contributed by atoms with Crippen molar-refractivity contribution in [2.75, 3.05) is 20.1 Å². The van der Waals surface area contributed by atoms with Gasteiger partial charge in [-0.05, 0) is 32.9 Å². The Morgan fingerprint density at radius 2 is 2.13 bits per heavy atom. The summed E-state index contributed by atoms with van der Waals surface area (Å²) in [7, 11) is 4.04. The Morgan fingerprint density at radius 3 is 2.80 bits per heavy atom. The van der Waals surface area contributed by atoms with Gasteiger partial charge in [-0.25, -0.2) is 4.98 Å². The van der Waals surface area contributed by atoms with Gasteiger partial charge in [0.05, 0.1) is 0 Å². The fraction of sp³-hybridized carbons (Fsp3) is 0.727. The molecular formula is C11H19N3O. The molecule has 1 aromatic heterocycles. The van der Waals surface area contributed by atoms with E-state index in [4.69, 9.17) is 0 Å². The van der Waals surface area contributed by atoms with Gasteiger partial charge in [0.15, 0.2) is 0 Å². The summed E-state index contributed by atoms with van der Waals surface area (Å²) in [4.78, 5) is 6.54.